The summed E-state index contributed by atoms with van der Waals surface area (Å²) >= 11 is 0. The third-order valence-corrected chi connectivity index (χ3v) is 5.69. The van der Waals surface area contributed by atoms with E-state index >= 15 is 0 Å². The molecule has 0 bridgehead atoms. The fourth-order valence-corrected chi connectivity index (χ4v) is 3.96. The van der Waals surface area contributed by atoms with E-state index in [-0.39, 0.29) is 37.3 Å². The molecule has 156 valence electrons. The van der Waals surface area contributed by atoms with E-state index < -0.39 is 0 Å². The fourth-order valence-electron chi connectivity index (χ4n) is 3.96. The summed E-state index contributed by atoms with van der Waals surface area (Å²) in [5, 5.41) is 9.62. The van der Waals surface area contributed by atoms with Crippen LogP contribution in [0.25, 0.3) is 10.9 Å². The van der Waals surface area contributed by atoms with Gasteiger partial charge in [-0.25, -0.2) is 4.98 Å². The van der Waals surface area contributed by atoms with Crippen LogP contribution >= 0.6 is 0 Å². The molecule has 1 N–H and O–H groups in total. The maximum absolute atomic E-state index is 12.4. The maximum Gasteiger partial charge on any atom is 0.261 e. The minimum Gasteiger partial charge on any atom is -0.395 e. The molecule has 29 heavy (non-hydrogen) atoms. The summed E-state index contributed by atoms with van der Waals surface area (Å²) in [6.45, 7) is 5.41. The number of nitrogens with zero attached hydrogens (tertiary/aromatic N) is 5. The van der Waals surface area contributed by atoms with Crippen molar-refractivity contribution in [2.24, 2.45) is 0 Å². The Labute approximate surface area is 169 Å². The van der Waals surface area contributed by atoms with Crippen LogP contribution in [0.4, 0.5) is 5.69 Å². The van der Waals surface area contributed by atoms with Crippen molar-refractivity contribution >= 4 is 22.5 Å². The minimum atomic E-state index is -0.128. The molecule has 1 aromatic heterocycles. The maximum atomic E-state index is 12.4. The van der Waals surface area contributed by atoms with Crippen LogP contribution in [0.2, 0.25) is 0 Å². The van der Waals surface area contributed by atoms with Crippen LogP contribution in [0.5, 0.6) is 0 Å². The predicted octanol–water partition coefficient (Wildman–Crippen LogP) is -0.632. The molecule has 2 saturated heterocycles. The summed E-state index contributed by atoms with van der Waals surface area (Å²) in [6, 6.07) is 5.75. The summed E-state index contributed by atoms with van der Waals surface area (Å²) in [4.78, 5) is 34.8. The van der Waals surface area contributed by atoms with Gasteiger partial charge in [-0.05, 0) is 18.2 Å². The second-order valence-corrected chi connectivity index (χ2v) is 7.66. The number of piperazine rings is 1. The number of aromatic nitrogens is 2. The number of hydrogen-bond donors (Lipinski definition) is 1. The van der Waals surface area contributed by atoms with Crippen molar-refractivity contribution in [1.82, 2.24) is 19.4 Å². The SMILES string of the molecule is CN1CC(CN2CCN(c3ccc4c(=O)n(CCO)cnc4c3)CC2)OCC1=O. The topological polar surface area (TPSA) is 91.1 Å². The zero-order chi connectivity index (χ0) is 20.4. The van der Waals surface area contributed by atoms with Crippen molar-refractivity contribution in [3.05, 3.63) is 34.9 Å². The zero-order valence-electron chi connectivity index (χ0n) is 16.7. The van der Waals surface area contributed by atoms with Gasteiger partial charge in [0.2, 0.25) is 5.91 Å². The molecule has 3 heterocycles. The van der Waals surface area contributed by atoms with Gasteiger partial charge < -0.3 is 19.6 Å². The second kappa shape index (κ2) is 8.48. The van der Waals surface area contributed by atoms with Crippen LogP contribution in [0, 0.1) is 0 Å². The van der Waals surface area contributed by atoms with E-state index in [2.05, 4.69) is 14.8 Å². The number of morpholine rings is 1. The van der Waals surface area contributed by atoms with Crippen molar-refractivity contribution in [2.75, 3.05) is 64.4 Å². The number of fused-ring (bicyclic) bond motifs is 1. The molecular formula is C20H27N5O4. The highest BCUT2D eigenvalue weighted by molar-refractivity contribution is 5.81. The molecule has 1 amide bonds. The smallest absolute Gasteiger partial charge is 0.261 e. The lowest BCUT2D eigenvalue weighted by Gasteiger charge is -2.39. The summed E-state index contributed by atoms with van der Waals surface area (Å²) < 4.78 is 7.09. The molecule has 9 heteroatoms. The van der Waals surface area contributed by atoms with E-state index in [4.69, 9.17) is 9.84 Å². The number of aliphatic hydroxyl groups is 1. The normalized spacial score (nSPS) is 21.2. The molecular weight excluding hydrogens is 374 g/mol. The van der Waals surface area contributed by atoms with Gasteiger partial charge in [-0.15, -0.1) is 0 Å². The number of anilines is 1. The van der Waals surface area contributed by atoms with Crippen molar-refractivity contribution in [1.29, 1.82) is 0 Å². The van der Waals surface area contributed by atoms with E-state index in [9.17, 15) is 9.59 Å². The first-order chi connectivity index (χ1) is 14.0. The van der Waals surface area contributed by atoms with Crippen LogP contribution in [-0.4, -0.2) is 96.0 Å². The number of rotatable bonds is 5. The van der Waals surface area contributed by atoms with Gasteiger partial charge in [0.15, 0.2) is 0 Å². The van der Waals surface area contributed by atoms with E-state index in [1.807, 2.05) is 25.2 Å². The molecule has 0 saturated carbocycles. The van der Waals surface area contributed by atoms with Crippen molar-refractivity contribution in [3.63, 3.8) is 0 Å². The van der Waals surface area contributed by atoms with Gasteiger partial charge in [-0.1, -0.05) is 0 Å². The second-order valence-electron chi connectivity index (χ2n) is 7.66. The summed E-state index contributed by atoms with van der Waals surface area (Å²) in [5.41, 5.74) is 1.60. The van der Waals surface area contributed by atoms with Gasteiger partial charge in [0.05, 0.1) is 36.5 Å². The van der Waals surface area contributed by atoms with Crippen molar-refractivity contribution in [3.8, 4) is 0 Å². The van der Waals surface area contributed by atoms with Crippen LogP contribution < -0.4 is 10.5 Å². The number of carbonyl (C=O) groups is 1. The third-order valence-electron chi connectivity index (χ3n) is 5.69. The largest absolute Gasteiger partial charge is 0.395 e. The fraction of sp³-hybridized carbons (Fsp3) is 0.550. The van der Waals surface area contributed by atoms with Gasteiger partial charge in [0, 0.05) is 52.0 Å². The molecule has 4 rings (SSSR count). The van der Waals surface area contributed by atoms with Crippen LogP contribution in [0.1, 0.15) is 0 Å². The van der Waals surface area contributed by atoms with Gasteiger partial charge in [0.1, 0.15) is 6.61 Å². The van der Waals surface area contributed by atoms with Crippen molar-refractivity contribution < 1.29 is 14.6 Å². The highest BCUT2D eigenvalue weighted by Gasteiger charge is 2.27. The van der Waals surface area contributed by atoms with Crippen LogP contribution in [0.15, 0.2) is 29.3 Å². The number of ether oxygens (including phenoxy) is 1. The van der Waals surface area contributed by atoms with E-state index in [0.29, 0.717) is 17.4 Å². The zero-order valence-corrected chi connectivity index (χ0v) is 16.7. The number of benzene rings is 1. The number of hydrogen-bond acceptors (Lipinski definition) is 7. The van der Waals surface area contributed by atoms with E-state index in [1.165, 1.54) is 10.9 Å². The highest BCUT2D eigenvalue weighted by atomic mass is 16.5. The summed E-state index contributed by atoms with van der Waals surface area (Å²) in [5.74, 6) is 0.0408. The first kappa shape index (κ1) is 19.8. The summed E-state index contributed by atoms with van der Waals surface area (Å²) in [7, 11) is 1.82. The lowest BCUT2D eigenvalue weighted by atomic mass is 10.2. The molecule has 1 atom stereocenters. The molecule has 1 aromatic carbocycles. The first-order valence-corrected chi connectivity index (χ1v) is 9.98. The molecule has 2 aliphatic heterocycles. The van der Waals surface area contributed by atoms with Crippen LogP contribution in [-0.2, 0) is 16.1 Å². The average Bonchev–Trinajstić information content (AvgIpc) is 2.73. The Morgan fingerprint density at radius 3 is 2.72 bits per heavy atom. The third kappa shape index (κ3) is 4.26. The molecule has 9 nitrogen and oxygen atoms in total. The van der Waals surface area contributed by atoms with Gasteiger partial charge >= 0.3 is 0 Å². The number of carbonyl (C=O) groups excluding carboxylic acids is 1. The number of likely N-dealkylation sites (N-methyl/N-ethyl adjacent to an activating group) is 1. The number of amides is 1. The Kier molecular flexibility index (Phi) is 5.79. The van der Waals surface area contributed by atoms with E-state index in [0.717, 1.165) is 38.4 Å². The monoisotopic (exact) mass is 401 g/mol. The first-order valence-electron chi connectivity index (χ1n) is 9.98. The Morgan fingerprint density at radius 1 is 1.21 bits per heavy atom. The molecule has 2 fully saturated rings. The average molecular weight is 401 g/mol. The molecule has 2 aromatic rings. The lowest BCUT2D eigenvalue weighted by Crippen LogP contribution is -2.53. The Hall–Kier alpha value is -2.49. The number of aliphatic hydroxyl groups excluding tert-OH is 1. The quantitative estimate of drug-likeness (QED) is 0.713. The Morgan fingerprint density at radius 2 is 2.00 bits per heavy atom. The molecule has 0 radical (unpaired) electrons. The predicted molar refractivity (Wildman–Crippen MR) is 109 cm³/mol. The lowest BCUT2D eigenvalue weighted by molar-refractivity contribution is -0.147. The van der Waals surface area contributed by atoms with Crippen molar-refractivity contribution in [2.45, 2.75) is 12.6 Å². The molecule has 2 aliphatic rings. The van der Waals surface area contributed by atoms with Gasteiger partial charge in [-0.2, -0.15) is 0 Å². The Bertz CT molecular complexity index is 938. The molecule has 1 unspecified atom stereocenters. The Balaban J connectivity index is 1.38. The highest BCUT2D eigenvalue weighted by Crippen LogP contribution is 2.21. The van der Waals surface area contributed by atoms with Crippen LogP contribution in [0.3, 0.4) is 0 Å². The van der Waals surface area contributed by atoms with E-state index in [1.54, 1.807) is 4.90 Å². The summed E-state index contributed by atoms with van der Waals surface area (Å²) in [6.07, 6.45) is 1.56. The van der Waals surface area contributed by atoms with Gasteiger partial charge in [-0.3, -0.25) is 19.1 Å². The molecule has 0 aliphatic carbocycles. The van der Waals surface area contributed by atoms with Gasteiger partial charge in [0.25, 0.3) is 5.56 Å². The standard InChI is InChI=1S/C20H27N5O4/c1-22-11-16(29-13-19(22)27)12-23-4-6-24(7-5-23)15-2-3-17-18(10-15)21-14-25(8-9-26)20(17)28/h2-3,10,14,16,26H,4-9,11-13H2,1H3. The minimum absolute atomic E-state index is 0.0408. The molecule has 0 spiro atoms.